The van der Waals surface area contributed by atoms with Gasteiger partial charge in [0, 0.05) is 0 Å². The molecule has 1 fully saturated rings. The van der Waals surface area contributed by atoms with E-state index in [4.69, 9.17) is 4.74 Å². The van der Waals surface area contributed by atoms with Crippen molar-refractivity contribution in [2.24, 2.45) is 17.3 Å². The number of aromatic nitrogens is 3. The van der Waals surface area contributed by atoms with E-state index in [1.165, 1.54) is 0 Å². The zero-order valence-electron chi connectivity index (χ0n) is 15.1. The maximum Gasteiger partial charge on any atom is 0.310 e. The first-order valence-electron chi connectivity index (χ1n) is 8.85. The van der Waals surface area contributed by atoms with Crippen LogP contribution >= 0.6 is 0 Å². The Bertz CT molecular complexity index is 815. The van der Waals surface area contributed by atoms with Gasteiger partial charge in [-0.3, -0.25) is 9.59 Å². The van der Waals surface area contributed by atoms with Crippen LogP contribution in [0.2, 0.25) is 0 Å². The van der Waals surface area contributed by atoms with Gasteiger partial charge in [0.2, 0.25) is 0 Å². The van der Waals surface area contributed by atoms with Crippen molar-refractivity contribution in [3.8, 4) is 0 Å². The van der Waals surface area contributed by atoms with Gasteiger partial charge >= 0.3 is 5.97 Å². The Hall–Kier alpha value is -2.24. The van der Waals surface area contributed by atoms with E-state index in [1.54, 1.807) is 24.3 Å². The minimum Gasteiger partial charge on any atom is -0.442 e. The normalized spacial score (nSPS) is 21.2. The topological polar surface area (TPSA) is 74.1 Å². The third kappa shape index (κ3) is 3.89. The molecular formula is C19H25N3O3. The van der Waals surface area contributed by atoms with E-state index >= 15 is 0 Å². The van der Waals surface area contributed by atoms with Crippen LogP contribution in [0.1, 0.15) is 46.5 Å². The van der Waals surface area contributed by atoms with Gasteiger partial charge in [-0.1, -0.05) is 38.1 Å². The second kappa shape index (κ2) is 6.94. The molecule has 1 heterocycles. The maximum absolute atomic E-state index is 12.3. The average molecular weight is 343 g/mol. The average Bonchev–Trinajstić information content (AvgIpc) is 2.60. The molecule has 0 spiro atoms. The molecule has 1 aliphatic rings. The Kier molecular flexibility index (Phi) is 4.88. The van der Waals surface area contributed by atoms with E-state index in [2.05, 4.69) is 31.1 Å². The smallest absolute Gasteiger partial charge is 0.310 e. The summed E-state index contributed by atoms with van der Waals surface area (Å²) in [6.07, 6.45) is 3.77. The van der Waals surface area contributed by atoms with Crippen molar-refractivity contribution >= 4 is 16.9 Å². The molecule has 0 N–H and O–H groups in total. The van der Waals surface area contributed by atoms with Gasteiger partial charge in [-0.2, -0.15) is 4.68 Å². The largest absolute Gasteiger partial charge is 0.442 e. The number of rotatable bonds is 3. The molecule has 0 unspecified atom stereocenters. The van der Waals surface area contributed by atoms with Gasteiger partial charge in [0.1, 0.15) is 5.52 Å². The van der Waals surface area contributed by atoms with Gasteiger partial charge in [0.25, 0.3) is 5.56 Å². The first-order valence-corrected chi connectivity index (χ1v) is 8.85. The Balaban J connectivity index is 1.60. The highest BCUT2D eigenvalue weighted by molar-refractivity contribution is 5.76. The molecule has 6 nitrogen and oxygen atoms in total. The molecule has 0 radical (unpaired) electrons. The van der Waals surface area contributed by atoms with E-state index in [9.17, 15) is 9.59 Å². The second-order valence-electron chi connectivity index (χ2n) is 7.92. The number of ether oxygens (including phenoxy) is 1. The van der Waals surface area contributed by atoms with Gasteiger partial charge in [-0.15, -0.1) is 5.10 Å². The summed E-state index contributed by atoms with van der Waals surface area (Å²) >= 11 is 0. The molecular weight excluding hydrogens is 318 g/mol. The van der Waals surface area contributed by atoms with Gasteiger partial charge < -0.3 is 4.74 Å². The third-order valence-corrected chi connectivity index (χ3v) is 5.24. The van der Waals surface area contributed by atoms with Gasteiger partial charge in [-0.05, 0) is 49.1 Å². The van der Waals surface area contributed by atoms with E-state index in [1.807, 2.05) is 0 Å². The maximum atomic E-state index is 12.3. The van der Waals surface area contributed by atoms with Crippen molar-refractivity contribution in [3.05, 3.63) is 34.6 Å². The molecule has 0 saturated heterocycles. The van der Waals surface area contributed by atoms with Crippen LogP contribution in [0.25, 0.3) is 10.9 Å². The highest BCUT2D eigenvalue weighted by Crippen LogP contribution is 2.40. The van der Waals surface area contributed by atoms with Gasteiger partial charge in [-0.25, -0.2) is 0 Å². The van der Waals surface area contributed by atoms with Crippen molar-refractivity contribution in [3.63, 3.8) is 0 Å². The molecule has 1 aromatic heterocycles. The summed E-state index contributed by atoms with van der Waals surface area (Å²) in [6, 6.07) is 7.00. The summed E-state index contributed by atoms with van der Waals surface area (Å²) < 4.78 is 6.44. The van der Waals surface area contributed by atoms with Crippen molar-refractivity contribution in [1.29, 1.82) is 0 Å². The van der Waals surface area contributed by atoms with E-state index < -0.39 is 0 Å². The molecule has 3 rings (SSSR count). The number of esters is 1. The number of carbonyl (C=O) groups is 1. The van der Waals surface area contributed by atoms with Crippen LogP contribution in [-0.2, 0) is 16.3 Å². The summed E-state index contributed by atoms with van der Waals surface area (Å²) in [5.41, 5.74) is 0.522. The fraction of sp³-hybridized carbons (Fsp3) is 0.579. The fourth-order valence-electron chi connectivity index (χ4n) is 3.55. The standard InChI is InChI=1S/C19H25N3O3/c1-19(2,3)14-10-8-13(9-11-14)18(24)25-12-22-17(23)15-6-4-5-7-16(15)20-21-22/h4-7,13-14H,8-12H2,1-3H3. The van der Waals surface area contributed by atoms with Crippen molar-refractivity contribution < 1.29 is 9.53 Å². The van der Waals surface area contributed by atoms with E-state index in [0.29, 0.717) is 16.8 Å². The molecule has 1 aromatic carbocycles. The van der Waals surface area contributed by atoms with Crippen LogP contribution in [-0.4, -0.2) is 21.0 Å². The second-order valence-corrected chi connectivity index (χ2v) is 7.92. The molecule has 6 heteroatoms. The predicted octanol–water partition coefficient (Wildman–Crippen LogP) is 3.14. The molecule has 1 aliphatic carbocycles. The first kappa shape index (κ1) is 17.6. The molecule has 2 aromatic rings. The summed E-state index contributed by atoms with van der Waals surface area (Å²) in [5.74, 6) is 0.322. The number of hydrogen-bond donors (Lipinski definition) is 0. The zero-order chi connectivity index (χ0) is 18.0. The van der Waals surface area contributed by atoms with E-state index in [0.717, 1.165) is 30.4 Å². The zero-order valence-corrected chi connectivity index (χ0v) is 15.1. The molecule has 134 valence electrons. The number of fused-ring (bicyclic) bond motifs is 1. The third-order valence-electron chi connectivity index (χ3n) is 5.24. The van der Waals surface area contributed by atoms with Crippen LogP contribution < -0.4 is 5.56 Å². The van der Waals surface area contributed by atoms with Gasteiger partial charge in [0.05, 0.1) is 11.3 Å². The van der Waals surface area contributed by atoms with Gasteiger partial charge in [0.15, 0.2) is 6.73 Å². The number of nitrogens with zero attached hydrogens (tertiary/aromatic N) is 3. The van der Waals surface area contributed by atoms with Crippen LogP contribution in [0.15, 0.2) is 29.1 Å². The van der Waals surface area contributed by atoms with Crippen molar-refractivity contribution in [2.45, 2.75) is 53.2 Å². The molecule has 0 aliphatic heterocycles. The lowest BCUT2D eigenvalue weighted by Crippen LogP contribution is -2.31. The van der Waals surface area contributed by atoms with Crippen LogP contribution in [0.3, 0.4) is 0 Å². The highest BCUT2D eigenvalue weighted by atomic mass is 16.5. The minimum atomic E-state index is -0.296. The lowest BCUT2D eigenvalue weighted by atomic mass is 9.70. The highest BCUT2D eigenvalue weighted by Gasteiger charge is 2.33. The quantitative estimate of drug-likeness (QED) is 0.800. The Morgan fingerprint density at radius 1 is 1.20 bits per heavy atom. The molecule has 0 bridgehead atoms. The summed E-state index contributed by atoms with van der Waals surface area (Å²) in [7, 11) is 0. The first-order chi connectivity index (χ1) is 11.9. The molecule has 25 heavy (non-hydrogen) atoms. The summed E-state index contributed by atoms with van der Waals surface area (Å²) in [4.78, 5) is 24.7. The summed E-state index contributed by atoms with van der Waals surface area (Å²) in [6.45, 7) is 6.57. The predicted molar refractivity (Wildman–Crippen MR) is 94.8 cm³/mol. The van der Waals surface area contributed by atoms with Crippen molar-refractivity contribution in [2.75, 3.05) is 0 Å². The Labute approximate surface area is 147 Å². The number of hydrogen-bond acceptors (Lipinski definition) is 5. The molecule has 0 amide bonds. The lowest BCUT2D eigenvalue weighted by molar-refractivity contribution is -0.154. The summed E-state index contributed by atoms with van der Waals surface area (Å²) in [5, 5.41) is 8.31. The monoisotopic (exact) mass is 343 g/mol. The SMILES string of the molecule is CC(C)(C)C1CCC(C(=O)OCn2nnc3ccccc3c2=O)CC1. The van der Waals surface area contributed by atoms with Crippen LogP contribution in [0, 0.1) is 17.3 Å². The number of benzene rings is 1. The fourth-order valence-corrected chi connectivity index (χ4v) is 3.55. The number of carbonyl (C=O) groups excluding carboxylic acids is 1. The Morgan fingerprint density at radius 2 is 1.88 bits per heavy atom. The van der Waals surface area contributed by atoms with Crippen molar-refractivity contribution in [1.82, 2.24) is 15.0 Å². The Morgan fingerprint density at radius 3 is 2.56 bits per heavy atom. The molecule has 1 saturated carbocycles. The lowest BCUT2D eigenvalue weighted by Gasteiger charge is -2.36. The van der Waals surface area contributed by atoms with Crippen LogP contribution in [0.4, 0.5) is 0 Å². The molecule has 0 atom stereocenters. The van der Waals surface area contributed by atoms with Crippen LogP contribution in [0.5, 0.6) is 0 Å². The van der Waals surface area contributed by atoms with E-state index in [-0.39, 0.29) is 29.6 Å². The minimum absolute atomic E-state index is 0.0808.